The van der Waals surface area contributed by atoms with E-state index in [1.54, 1.807) is 0 Å². The maximum Gasteiger partial charge on any atom is 0.0925 e. The van der Waals surface area contributed by atoms with Crippen LogP contribution in [0.25, 0.3) is 5.41 Å². The highest BCUT2D eigenvalue weighted by atomic mass is 15.5. The van der Waals surface area contributed by atoms with Crippen molar-refractivity contribution in [1.29, 1.82) is 5.26 Å². The van der Waals surface area contributed by atoms with Crippen LogP contribution in [0.4, 0.5) is 0 Å². The molecule has 0 bridgehead atoms. The third kappa shape index (κ3) is 365. The molecule has 0 aliphatic heterocycles. The minimum absolute atomic E-state index is 0.500. The van der Waals surface area contributed by atoms with Crippen LogP contribution in [0.5, 0.6) is 0 Å². The molecule has 0 aliphatic carbocycles. The molecule has 0 rings (SSSR count). The highest BCUT2D eigenvalue weighted by Gasteiger charge is 1.89. The summed E-state index contributed by atoms with van der Waals surface area (Å²) in [4.78, 5) is 2.58. The standard InChI is InChI=1S/C3H11N2.C2N3/c1-5(2,3)4;3-1-5-2-4/h4H2,1-3H3;/q+1;-1. The van der Waals surface area contributed by atoms with Gasteiger partial charge in [-0.2, -0.15) is 11.1 Å². The van der Waals surface area contributed by atoms with Gasteiger partial charge in [0.2, 0.25) is 0 Å². The van der Waals surface area contributed by atoms with Gasteiger partial charge in [-0.05, 0) is 0 Å². The van der Waals surface area contributed by atoms with E-state index in [2.05, 4.69) is 4.99 Å². The first-order chi connectivity index (χ1) is 4.41. The van der Waals surface area contributed by atoms with Crippen molar-refractivity contribution in [2.45, 2.75) is 0 Å². The van der Waals surface area contributed by atoms with E-state index < -0.39 is 0 Å². The summed E-state index contributed by atoms with van der Waals surface area (Å²) in [6.45, 7) is 0. The smallest absolute Gasteiger partial charge is 0.0925 e. The lowest BCUT2D eigenvalue weighted by Crippen LogP contribution is -2.41. The number of nitriles is 1. The zero-order chi connectivity index (χ0) is 8.62. The average molecular weight is 141 g/mol. The normalized spacial score (nSPS) is 7.90. The monoisotopic (exact) mass is 141 g/mol. The molecule has 0 radical (unpaired) electrons. The predicted octanol–water partition coefficient (Wildman–Crippen LogP) is -0.223. The molecule has 5 nitrogen and oxygen atoms in total. The Kier molecular flexibility index (Phi) is 6.85. The molecule has 0 spiro atoms. The molecule has 5 heteroatoms. The molecule has 10 heavy (non-hydrogen) atoms. The SMILES string of the molecule is C[N+](C)(C)N.N#CN=C=[N-]. The van der Waals surface area contributed by atoms with E-state index in [4.69, 9.17) is 16.5 Å². The van der Waals surface area contributed by atoms with Gasteiger partial charge in [0.1, 0.15) is 0 Å². The first kappa shape index (κ1) is 11.6. The van der Waals surface area contributed by atoms with Crippen molar-refractivity contribution in [2.24, 2.45) is 10.8 Å². The van der Waals surface area contributed by atoms with Crippen molar-refractivity contribution in [1.82, 2.24) is 0 Å². The van der Waals surface area contributed by atoms with Gasteiger partial charge in [-0.1, -0.05) is 0 Å². The van der Waals surface area contributed by atoms with Crippen LogP contribution >= 0.6 is 0 Å². The highest BCUT2D eigenvalue weighted by molar-refractivity contribution is 5.46. The minimum Gasteiger partial charge on any atom is -0.422 e. The maximum absolute atomic E-state index is 7.43. The van der Waals surface area contributed by atoms with E-state index in [-0.39, 0.29) is 0 Å². The zero-order valence-electron chi connectivity index (χ0n) is 6.37. The molecule has 0 aliphatic rings. The molecule has 0 aromatic carbocycles. The van der Waals surface area contributed by atoms with Crippen LogP contribution < -0.4 is 5.84 Å². The third-order valence-corrected chi connectivity index (χ3v) is 0.100. The van der Waals surface area contributed by atoms with Crippen molar-refractivity contribution >= 4 is 6.01 Å². The topological polar surface area (TPSA) is 84.5 Å². The summed E-state index contributed by atoms with van der Waals surface area (Å²) in [5.41, 5.74) is 0. The summed E-state index contributed by atoms with van der Waals surface area (Å²) >= 11 is 0. The van der Waals surface area contributed by atoms with Gasteiger partial charge in [0.05, 0.1) is 27.3 Å². The van der Waals surface area contributed by atoms with E-state index in [1.165, 1.54) is 12.2 Å². The molecular formula is C5H11N5. The Morgan fingerprint density at radius 3 is 1.80 bits per heavy atom. The van der Waals surface area contributed by atoms with E-state index in [1.807, 2.05) is 21.1 Å². The lowest BCUT2D eigenvalue weighted by atomic mass is 10.9. The van der Waals surface area contributed by atoms with Crippen LogP contribution in [0.1, 0.15) is 0 Å². The second kappa shape index (κ2) is 5.92. The lowest BCUT2D eigenvalue weighted by molar-refractivity contribution is -0.882. The predicted molar refractivity (Wildman–Crippen MR) is 38.6 cm³/mol. The van der Waals surface area contributed by atoms with Crippen molar-refractivity contribution in [2.75, 3.05) is 21.1 Å². The van der Waals surface area contributed by atoms with Crippen LogP contribution in [0.15, 0.2) is 4.99 Å². The Balaban J connectivity index is 0. The second-order valence-corrected chi connectivity index (χ2v) is 2.43. The molecule has 0 heterocycles. The first-order valence-electron chi connectivity index (χ1n) is 2.49. The highest BCUT2D eigenvalue weighted by Crippen LogP contribution is 1.65. The van der Waals surface area contributed by atoms with Crippen molar-refractivity contribution < 1.29 is 4.59 Å². The number of rotatable bonds is 0. The van der Waals surface area contributed by atoms with Crippen LogP contribution in [0, 0.1) is 11.5 Å². The van der Waals surface area contributed by atoms with E-state index in [0.29, 0.717) is 4.59 Å². The fourth-order valence-electron chi connectivity index (χ4n) is 0.0224. The van der Waals surface area contributed by atoms with E-state index >= 15 is 0 Å². The molecule has 0 fully saturated rings. The molecule has 0 amide bonds. The van der Waals surface area contributed by atoms with E-state index in [0.717, 1.165) is 0 Å². The van der Waals surface area contributed by atoms with Gasteiger partial charge in [0.25, 0.3) is 0 Å². The molecule has 0 aromatic heterocycles. The van der Waals surface area contributed by atoms with Crippen molar-refractivity contribution in [3.05, 3.63) is 5.41 Å². The Bertz CT molecular complexity index is 148. The first-order valence-corrected chi connectivity index (χ1v) is 2.49. The molecule has 0 saturated heterocycles. The molecule has 56 valence electrons. The van der Waals surface area contributed by atoms with Crippen molar-refractivity contribution in [3.8, 4) is 6.19 Å². The summed E-state index contributed by atoms with van der Waals surface area (Å²) < 4.78 is 0.500. The zero-order valence-corrected chi connectivity index (χ0v) is 6.37. The molecule has 0 saturated carbocycles. The van der Waals surface area contributed by atoms with Gasteiger partial charge in [0, 0.05) is 0 Å². The van der Waals surface area contributed by atoms with Crippen LogP contribution in [0.2, 0.25) is 0 Å². The van der Waals surface area contributed by atoms with Crippen LogP contribution in [0.3, 0.4) is 0 Å². The summed E-state index contributed by atoms with van der Waals surface area (Å²) in [6, 6.07) is 1.28. The third-order valence-electron chi connectivity index (χ3n) is 0.100. The summed E-state index contributed by atoms with van der Waals surface area (Å²) in [5.74, 6) is 5.29. The van der Waals surface area contributed by atoms with Crippen molar-refractivity contribution in [3.63, 3.8) is 0 Å². The Hall–Kier alpha value is -1.21. The van der Waals surface area contributed by atoms with Gasteiger partial charge >= 0.3 is 0 Å². The average Bonchev–Trinajstić information content (AvgIpc) is 1.63. The summed E-state index contributed by atoms with van der Waals surface area (Å²) in [6.07, 6.45) is 1.28. The number of hydrogen-bond acceptors (Lipinski definition) is 3. The summed E-state index contributed by atoms with van der Waals surface area (Å²) in [5, 5.41) is 14.9. The largest absolute Gasteiger partial charge is 0.422 e. The van der Waals surface area contributed by atoms with Gasteiger partial charge < -0.3 is 10.4 Å². The summed E-state index contributed by atoms with van der Waals surface area (Å²) in [7, 11) is 5.71. The Morgan fingerprint density at radius 2 is 1.80 bits per heavy atom. The molecular weight excluding hydrogens is 130 g/mol. The van der Waals surface area contributed by atoms with Gasteiger partial charge in [-0.3, -0.25) is 4.59 Å². The quantitative estimate of drug-likeness (QED) is 0.166. The number of nitrogens with two attached hydrogens (primary N) is 1. The number of hydrogen-bond donors (Lipinski definition) is 1. The lowest BCUT2D eigenvalue weighted by Gasteiger charge is -2.12. The fraction of sp³-hybridized carbons (Fsp3) is 0.600. The maximum atomic E-state index is 7.43. The van der Waals surface area contributed by atoms with Crippen LogP contribution in [-0.2, 0) is 0 Å². The molecule has 0 unspecified atom stereocenters. The number of quaternary nitrogens is 1. The number of nitrogens with zero attached hydrogens (tertiary/aromatic N) is 4. The Labute approximate surface area is 60.5 Å². The Morgan fingerprint density at radius 1 is 1.50 bits per heavy atom. The van der Waals surface area contributed by atoms with Gasteiger partial charge in [0.15, 0.2) is 0 Å². The molecule has 0 atom stereocenters. The fourth-order valence-corrected chi connectivity index (χ4v) is 0.0224. The van der Waals surface area contributed by atoms with Crippen LogP contribution in [-0.4, -0.2) is 31.7 Å². The second-order valence-electron chi connectivity index (χ2n) is 2.43. The molecule has 2 N–H and O–H groups in total. The van der Waals surface area contributed by atoms with Gasteiger partial charge in [-0.25, -0.2) is 0 Å². The van der Waals surface area contributed by atoms with E-state index in [9.17, 15) is 0 Å². The van der Waals surface area contributed by atoms with Gasteiger partial charge in [-0.15, -0.1) is 6.01 Å². The number of aliphatic imine (C=N–C) groups is 1. The minimum atomic E-state index is 0.500. The molecule has 0 aromatic rings.